The van der Waals surface area contributed by atoms with E-state index in [0.29, 0.717) is 0 Å². The highest BCUT2D eigenvalue weighted by Gasteiger charge is 2.62. The maximum Gasteiger partial charge on any atom is 0.338 e. The third kappa shape index (κ3) is 3.73. The summed E-state index contributed by atoms with van der Waals surface area (Å²) in [5.74, 6) is -3.41. The van der Waals surface area contributed by atoms with Gasteiger partial charge in [-0.05, 0) is 23.8 Å². The van der Waals surface area contributed by atoms with Gasteiger partial charge in [-0.3, -0.25) is 14.3 Å². The highest BCUT2D eigenvalue weighted by molar-refractivity contribution is 6.31. The number of aromatic nitrogens is 3. The van der Waals surface area contributed by atoms with Crippen molar-refractivity contribution in [3.63, 3.8) is 0 Å². The number of rotatable bonds is 4. The lowest BCUT2D eigenvalue weighted by atomic mass is 9.61. The summed E-state index contributed by atoms with van der Waals surface area (Å²) in [5, 5.41) is 18.4. The van der Waals surface area contributed by atoms with Crippen molar-refractivity contribution in [1.29, 1.82) is 10.5 Å². The van der Waals surface area contributed by atoms with Crippen molar-refractivity contribution >= 4 is 17.4 Å². The molecule has 5 rings (SSSR count). The Morgan fingerprint density at radius 2 is 1.83 bits per heavy atom. The van der Waals surface area contributed by atoms with Gasteiger partial charge in [0, 0.05) is 37.5 Å². The number of nitrogens with zero attached hydrogens (tertiary/aromatic N) is 6. The van der Waals surface area contributed by atoms with Crippen LogP contribution in [0, 0.1) is 33.9 Å². The van der Waals surface area contributed by atoms with Crippen molar-refractivity contribution in [2.45, 2.75) is 25.3 Å². The molecule has 0 bridgehead atoms. The first-order chi connectivity index (χ1) is 17.1. The second kappa shape index (κ2) is 8.25. The topological polar surface area (TPSA) is 108 Å². The summed E-state index contributed by atoms with van der Waals surface area (Å²) in [5.41, 5.74) is -2.13. The summed E-state index contributed by atoms with van der Waals surface area (Å²) in [4.78, 5) is 32.9. The van der Waals surface area contributed by atoms with Crippen molar-refractivity contribution in [2.75, 3.05) is 18.0 Å². The van der Waals surface area contributed by atoms with Gasteiger partial charge in [0.2, 0.25) is 5.92 Å². The predicted molar refractivity (Wildman–Crippen MR) is 124 cm³/mol. The maximum atomic E-state index is 13.9. The molecule has 1 aliphatic heterocycles. The zero-order valence-corrected chi connectivity index (χ0v) is 19.3. The second-order valence-corrected chi connectivity index (χ2v) is 9.51. The van der Waals surface area contributed by atoms with Crippen LogP contribution in [0.5, 0.6) is 0 Å². The van der Waals surface area contributed by atoms with E-state index in [1.165, 1.54) is 30.6 Å². The van der Waals surface area contributed by atoms with Gasteiger partial charge < -0.3 is 4.90 Å². The minimum absolute atomic E-state index is 0.00420. The van der Waals surface area contributed by atoms with E-state index >= 15 is 0 Å². The standard InChI is InChI=1S/C24H16ClF3N6O2/c25-17-6-15(1-2-18(17)26)19-20(32-12-23(13-32)10-24(27,28)11-23)33(4-3-29)22(36)34(21(19)35)16-5-14(7-30)8-31-9-16/h1-2,5-6,8-9H,4,10-13H2. The summed E-state index contributed by atoms with van der Waals surface area (Å²) in [6, 6.07) is 8.67. The van der Waals surface area contributed by atoms with Gasteiger partial charge >= 0.3 is 5.69 Å². The molecule has 1 spiro atoms. The average molecular weight is 513 g/mol. The van der Waals surface area contributed by atoms with E-state index < -0.39 is 34.9 Å². The summed E-state index contributed by atoms with van der Waals surface area (Å²) < 4.78 is 43.0. The Morgan fingerprint density at radius 3 is 2.44 bits per heavy atom. The summed E-state index contributed by atoms with van der Waals surface area (Å²) in [7, 11) is 0. The van der Waals surface area contributed by atoms with Crippen molar-refractivity contribution in [1.82, 2.24) is 14.1 Å². The molecule has 0 radical (unpaired) electrons. The normalized spacial score (nSPS) is 17.1. The molecule has 2 aliphatic rings. The Balaban J connectivity index is 1.77. The Labute approximate surface area is 207 Å². The molecule has 2 fully saturated rings. The monoisotopic (exact) mass is 512 g/mol. The molecule has 2 aromatic heterocycles. The minimum Gasteiger partial charge on any atom is -0.356 e. The Bertz CT molecular complexity index is 1600. The number of alkyl halides is 2. The van der Waals surface area contributed by atoms with Gasteiger partial charge in [-0.15, -0.1) is 0 Å². The molecule has 3 heterocycles. The third-order valence-electron chi connectivity index (χ3n) is 6.49. The van der Waals surface area contributed by atoms with E-state index in [4.69, 9.17) is 11.6 Å². The first-order valence-electron chi connectivity index (χ1n) is 10.8. The van der Waals surface area contributed by atoms with E-state index in [9.17, 15) is 33.3 Å². The largest absolute Gasteiger partial charge is 0.356 e. The molecule has 1 saturated heterocycles. The van der Waals surface area contributed by atoms with Crippen LogP contribution in [-0.4, -0.2) is 33.1 Å². The number of pyridine rings is 1. The highest BCUT2D eigenvalue weighted by Crippen LogP contribution is 2.57. The minimum atomic E-state index is -2.76. The smallest absolute Gasteiger partial charge is 0.338 e. The van der Waals surface area contributed by atoms with Gasteiger partial charge in [0.1, 0.15) is 24.2 Å². The van der Waals surface area contributed by atoms with Crippen molar-refractivity contribution in [3.05, 3.63) is 73.9 Å². The van der Waals surface area contributed by atoms with Crippen molar-refractivity contribution < 1.29 is 13.2 Å². The number of hydrogen-bond donors (Lipinski definition) is 0. The number of hydrogen-bond acceptors (Lipinski definition) is 6. The van der Waals surface area contributed by atoms with Crippen LogP contribution < -0.4 is 16.1 Å². The van der Waals surface area contributed by atoms with Crippen LogP contribution in [0.1, 0.15) is 18.4 Å². The van der Waals surface area contributed by atoms with Crippen molar-refractivity contribution in [2.24, 2.45) is 5.41 Å². The lowest BCUT2D eigenvalue weighted by Gasteiger charge is -2.59. The number of halogens is 4. The summed E-state index contributed by atoms with van der Waals surface area (Å²) in [6.45, 7) is -0.143. The van der Waals surface area contributed by atoms with E-state index in [-0.39, 0.29) is 59.1 Å². The molecule has 1 saturated carbocycles. The molecule has 8 nitrogen and oxygen atoms in total. The molecule has 0 unspecified atom stereocenters. The van der Waals surface area contributed by atoms with E-state index in [0.717, 1.165) is 15.2 Å². The van der Waals surface area contributed by atoms with Crippen LogP contribution in [0.2, 0.25) is 5.02 Å². The fraction of sp³-hybridized carbons (Fsp3) is 0.292. The number of benzene rings is 1. The van der Waals surface area contributed by atoms with Gasteiger partial charge in [0.05, 0.1) is 34.1 Å². The van der Waals surface area contributed by atoms with Gasteiger partial charge in [-0.1, -0.05) is 17.7 Å². The average Bonchev–Trinajstić information content (AvgIpc) is 2.79. The van der Waals surface area contributed by atoms with Gasteiger partial charge in [-0.25, -0.2) is 22.5 Å². The molecular weight excluding hydrogens is 497 g/mol. The highest BCUT2D eigenvalue weighted by atomic mass is 35.5. The van der Waals surface area contributed by atoms with Crippen LogP contribution in [0.25, 0.3) is 16.8 Å². The zero-order valence-electron chi connectivity index (χ0n) is 18.5. The molecule has 36 heavy (non-hydrogen) atoms. The van der Waals surface area contributed by atoms with Gasteiger partial charge in [-0.2, -0.15) is 10.5 Å². The second-order valence-electron chi connectivity index (χ2n) is 9.10. The molecule has 1 aromatic carbocycles. The Hall–Kier alpha value is -4.09. The van der Waals surface area contributed by atoms with Crippen LogP contribution in [0.3, 0.4) is 0 Å². The lowest BCUT2D eigenvalue weighted by Crippen LogP contribution is -2.67. The SMILES string of the molecule is N#CCn1c(N2CC3(C2)CC(F)(F)C3)c(-c2ccc(F)c(Cl)c2)c(=O)n(-c2cncc(C#N)c2)c1=O. The molecule has 182 valence electrons. The Morgan fingerprint density at radius 1 is 1.11 bits per heavy atom. The van der Waals surface area contributed by atoms with Crippen LogP contribution in [0.4, 0.5) is 19.0 Å². The lowest BCUT2D eigenvalue weighted by molar-refractivity contribution is -0.170. The fourth-order valence-corrected chi connectivity index (χ4v) is 5.29. The third-order valence-corrected chi connectivity index (χ3v) is 6.78. The van der Waals surface area contributed by atoms with Crippen LogP contribution in [-0.2, 0) is 6.54 Å². The van der Waals surface area contributed by atoms with Crippen LogP contribution >= 0.6 is 11.6 Å². The summed E-state index contributed by atoms with van der Waals surface area (Å²) >= 11 is 5.99. The van der Waals surface area contributed by atoms with Crippen molar-refractivity contribution in [3.8, 4) is 29.0 Å². The molecule has 3 aromatic rings. The quantitative estimate of drug-likeness (QED) is 0.529. The van der Waals surface area contributed by atoms with Gasteiger partial charge in [0.25, 0.3) is 5.56 Å². The molecule has 0 atom stereocenters. The molecule has 12 heteroatoms. The molecule has 1 aliphatic carbocycles. The van der Waals surface area contributed by atoms with E-state index in [2.05, 4.69) is 4.98 Å². The number of nitriles is 2. The van der Waals surface area contributed by atoms with E-state index in [1.54, 1.807) is 4.90 Å². The van der Waals surface area contributed by atoms with Crippen LogP contribution in [0.15, 0.2) is 46.2 Å². The molecular formula is C24H16ClF3N6O2. The summed E-state index contributed by atoms with van der Waals surface area (Å²) in [6.07, 6.45) is 1.86. The fourth-order valence-electron chi connectivity index (χ4n) is 5.11. The van der Waals surface area contributed by atoms with Gasteiger partial charge in [0.15, 0.2) is 0 Å². The predicted octanol–water partition coefficient (Wildman–Crippen LogP) is 3.48. The molecule has 0 N–H and O–H groups in total. The Kier molecular flexibility index (Phi) is 5.42. The first kappa shape index (κ1) is 23.6. The number of anilines is 1. The maximum absolute atomic E-state index is 13.9. The first-order valence-corrected chi connectivity index (χ1v) is 11.2. The van der Waals surface area contributed by atoms with E-state index in [1.807, 2.05) is 12.1 Å². The zero-order chi connectivity index (χ0) is 25.8. The molecule has 0 amide bonds.